The lowest BCUT2D eigenvalue weighted by atomic mass is 9.82. The molecule has 1 saturated carbocycles. The van der Waals surface area contributed by atoms with Crippen LogP contribution in [0.15, 0.2) is 54.6 Å². The highest BCUT2D eigenvalue weighted by molar-refractivity contribution is 5.95. The van der Waals surface area contributed by atoms with Gasteiger partial charge in [0.2, 0.25) is 0 Å². The monoisotopic (exact) mass is 462 g/mol. The summed E-state index contributed by atoms with van der Waals surface area (Å²) in [6, 6.07) is 16.1. The van der Waals surface area contributed by atoms with Crippen LogP contribution in [0.1, 0.15) is 47.8 Å². The highest BCUT2D eigenvalue weighted by Gasteiger charge is 2.38. The summed E-state index contributed by atoms with van der Waals surface area (Å²) in [6.07, 6.45) is 1.05. The molecule has 1 amide bonds. The van der Waals surface area contributed by atoms with E-state index in [0.29, 0.717) is 30.8 Å². The van der Waals surface area contributed by atoms with Gasteiger partial charge in [0, 0.05) is 22.2 Å². The van der Waals surface area contributed by atoms with Crippen LogP contribution < -0.4 is 10.1 Å². The molecule has 7 nitrogen and oxygen atoms in total. The standard InChI is InChI=1S/C27H30N2O5/c1-3-33-27(32)22-8-6-10-24(30)25(22)29-26(31)18-11-13-20(14-12-18)34-16-19-15-17(2)28-23-9-5-4-7-21(19)23/h4-5,7,9,11-15,22,24-25,30H,3,6,8,10,16H2,1-2H3,(H,29,31). The summed E-state index contributed by atoms with van der Waals surface area (Å²) in [5.74, 6) is -0.636. The molecular weight excluding hydrogens is 432 g/mol. The Kier molecular flexibility index (Phi) is 7.43. The largest absolute Gasteiger partial charge is 0.489 e. The van der Waals surface area contributed by atoms with Gasteiger partial charge in [-0.25, -0.2) is 0 Å². The third-order valence-corrected chi connectivity index (χ3v) is 6.19. The molecule has 2 N–H and O–H groups in total. The molecule has 0 spiro atoms. The van der Waals surface area contributed by atoms with Gasteiger partial charge in [-0.15, -0.1) is 0 Å². The van der Waals surface area contributed by atoms with Gasteiger partial charge in [-0.1, -0.05) is 18.2 Å². The van der Waals surface area contributed by atoms with E-state index in [1.165, 1.54) is 0 Å². The van der Waals surface area contributed by atoms with Gasteiger partial charge in [0.1, 0.15) is 12.4 Å². The molecule has 0 bridgehead atoms. The van der Waals surface area contributed by atoms with Crippen molar-refractivity contribution in [2.45, 2.75) is 51.9 Å². The fourth-order valence-corrected chi connectivity index (χ4v) is 4.50. The van der Waals surface area contributed by atoms with Crippen molar-refractivity contribution < 1.29 is 24.2 Å². The molecule has 3 unspecified atom stereocenters. The summed E-state index contributed by atoms with van der Waals surface area (Å²) >= 11 is 0. The molecule has 7 heteroatoms. The van der Waals surface area contributed by atoms with E-state index in [0.717, 1.165) is 28.6 Å². The summed E-state index contributed by atoms with van der Waals surface area (Å²) in [7, 11) is 0. The van der Waals surface area contributed by atoms with Crippen LogP contribution in [0.2, 0.25) is 0 Å². The number of aliphatic hydroxyl groups is 1. The lowest BCUT2D eigenvalue weighted by Crippen LogP contribution is -2.53. The van der Waals surface area contributed by atoms with Crippen molar-refractivity contribution in [3.8, 4) is 5.75 Å². The number of carbonyl (C=O) groups excluding carboxylic acids is 2. The van der Waals surface area contributed by atoms with E-state index in [-0.39, 0.29) is 18.5 Å². The quantitative estimate of drug-likeness (QED) is 0.516. The summed E-state index contributed by atoms with van der Waals surface area (Å²) in [4.78, 5) is 29.7. The third-order valence-electron chi connectivity index (χ3n) is 6.19. The first-order chi connectivity index (χ1) is 16.5. The Morgan fingerprint density at radius 3 is 2.65 bits per heavy atom. The van der Waals surface area contributed by atoms with Crippen molar-refractivity contribution >= 4 is 22.8 Å². The first-order valence-electron chi connectivity index (χ1n) is 11.7. The van der Waals surface area contributed by atoms with E-state index in [2.05, 4.69) is 10.3 Å². The van der Waals surface area contributed by atoms with Crippen molar-refractivity contribution in [1.82, 2.24) is 10.3 Å². The fourth-order valence-electron chi connectivity index (χ4n) is 4.50. The summed E-state index contributed by atoms with van der Waals surface area (Å²) in [5, 5.41) is 14.3. The zero-order valence-corrected chi connectivity index (χ0v) is 19.5. The van der Waals surface area contributed by atoms with Crippen LogP contribution >= 0.6 is 0 Å². The summed E-state index contributed by atoms with van der Waals surface area (Å²) in [5.41, 5.74) is 3.33. The Labute approximate surface area is 199 Å². The van der Waals surface area contributed by atoms with Crippen LogP contribution in [-0.4, -0.2) is 40.7 Å². The topological polar surface area (TPSA) is 97.8 Å². The number of pyridine rings is 1. The highest BCUT2D eigenvalue weighted by atomic mass is 16.5. The molecule has 1 heterocycles. The van der Waals surface area contributed by atoms with Crippen LogP contribution in [0.4, 0.5) is 0 Å². The number of nitrogens with zero attached hydrogens (tertiary/aromatic N) is 1. The Balaban J connectivity index is 1.41. The number of aromatic nitrogens is 1. The summed E-state index contributed by atoms with van der Waals surface area (Å²) in [6.45, 7) is 4.35. The van der Waals surface area contributed by atoms with Crippen LogP contribution in [0.5, 0.6) is 5.75 Å². The van der Waals surface area contributed by atoms with Crippen LogP contribution in [0, 0.1) is 12.8 Å². The minimum Gasteiger partial charge on any atom is -0.489 e. The second kappa shape index (κ2) is 10.7. The summed E-state index contributed by atoms with van der Waals surface area (Å²) < 4.78 is 11.1. The molecule has 34 heavy (non-hydrogen) atoms. The van der Waals surface area contributed by atoms with Gasteiger partial charge in [-0.05, 0) is 69.5 Å². The average Bonchev–Trinajstić information content (AvgIpc) is 2.84. The van der Waals surface area contributed by atoms with Gasteiger partial charge in [0.15, 0.2) is 0 Å². The van der Waals surface area contributed by atoms with E-state index in [4.69, 9.17) is 9.47 Å². The number of hydrogen-bond donors (Lipinski definition) is 2. The minimum atomic E-state index is -0.784. The maximum atomic E-state index is 12.8. The van der Waals surface area contributed by atoms with Crippen LogP contribution in [0.3, 0.4) is 0 Å². The van der Waals surface area contributed by atoms with Crippen LogP contribution in [0.25, 0.3) is 10.9 Å². The number of rotatable bonds is 7. The molecule has 178 valence electrons. The van der Waals surface area contributed by atoms with Gasteiger partial charge in [-0.2, -0.15) is 0 Å². The first-order valence-corrected chi connectivity index (χ1v) is 11.7. The Bertz CT molecular complexity index is 1160. The Hall–Kier alpha value is -3.45. The number of esters is 1. The number of ether oxygens (including phenoxy) is 2. The predicted octanol–water partition coefficient (Wildman–Crippen LogP) is 3.94. The molecule has 1 aliphatic rings. The van der Waals surface area contributed by atoms with E-state index < -0.39 is 18.1 Å². The second-order valence-electron chi connectivity index (χ2n) is 8.61. The number of para-hydroxylation sites is 1. The second-order valence-corrected chi connectivity index (χ2v) is 8.61. The number of fused-ring (bicyclic) bond motifs is 1. The van der Waals surface area contributed by atoms with E-state index >= 15 is 0 Å². The van der Waals surface area contributed by atoms with E-state index in [1.54, 1.807) is 31.2 Å². The molecule has 3 atom stereocenters. The molecule has 1 fully saturated rings. The van der Waals surface area contributed by atoms with Gasteiger partial charge in [-0.3, -0.25) is 14.6 Å². The SMILES string of the molecule is CCOC(=O)C1CCCC(O)C1NC(=O)c1ccc(OCc2cc(C)nc3ccccc23)cc1. The van der Waals surface area contributed by atoms with Crippen molar-refractivity contribution in [1.29, 1.82) is 0 Å². The maximum absolute atomic E-state index is 12.8. The zero-order valence-electron chi connectivity index (χ0n) is 19.5. The number of aryl methyl sites for hydroxylation is 1. The van der Waals surface area contributed by atoms with Gasteiger partial charge < -0.3 is 19.9 Å². The fraction of sp³-hybridized carbons (Fsp3) is 0.370. The van der Waals surface area contributed by atoms with Crippen molar-refractivity contribution in [2.24, 2.45) is 5.92 Å². The van der Waals surface area contributed by atoms with E-state index in [1.807, 2.05) is 37.3 Å². The Morgan fingerprint density at radius 2 is 1.88 bits per heavy atom. The highest BCUT2D eigenvalue weighted by Crippen LogP contribution is 2.27. The van der Waals surface area contributed by atoms with E-state index in [9.17, 15) is 14.7 Å². The lowest BCUT2D eigenvalue weighted by molar-refractivity contribution is -0.151. The van der Waals surface area contributed by atoms with Gasteiger partial charge in [0.05, 0.1) is 30.2 Å². The van der Waals surface area contributed by atoms with Crippen molar-refractivity contribution in [2.75, 3.05) is 6.61 Å². The number of carbonyl (C=O) groups is 2. The average molecular weight is 463 g/mol. The molecule has 0 aliphatic heterocycles. The number of nitrogens with one attached hydrogen (secondary N) is 1. The minimum absolute atomic E-state index is 0.266. The van der Waals surface area contributed by atoms with Gasteiger partial charge in [0.25, 0.3) is 5.91 Å². The lowest BCUT2D eigenvalue weighted by Gasteiger charge is -2.34. The first kappa shape index (κ1) is 23.7. The molecule has 0 radical (unpaired) electrons. The molecule has 1 aromatic heterocycles. The van der Waals surface area contributed by atoms with Crippen LogP contribution in [-0.2, 0) is 16.1 Å². The molecule has 0 saturated heterocycles. The van der Waals surface area contributed by atoms with Crippen molar-refractivity contribution in [3.63, 3.8) is 0 Å². The maximum Gasteiger partial charge on any atom is 0.311 e. The van der Waals surface area contributed by atoms with Gasteiger partial charge >= 0.3 is 5.97 Å². The molecule has 2 aromatic carbocycles. The van der Waals surface area contributed by atoms with Crippen molar-refractivity contribution in [3.05, 3.63) is 71.4 Å². The zero-order chi connectivity index (χ0) is 24.1. The third kappa shape index (κ3) is 5.37. The number of aliphatic hydroxyl groups excluding tert-OH is 1. The predicted molar refractivity (Wildman–Crippen MR) is 128 cm³/mol. The molecular formula is C27H30N2O5. The normalized spacial score (nSPS) is 20.0. The number of amides is 1. The molecule has 4 rings (SSSR count). The smallest absolute Gasteiger partial charge is 0.311 e. The molecule has 1 aliphatic carbocycles. The number of benzene rings is 2. The molecule has 3 aromatic rings. The Morgan fingerprint density at radius 1 is 1.12 bits per heavy atom. The number of hydrogen-bond acceptors (Lipinski definition) is 6.